The number of pyridine rings is 1. The van der Waals surface area contributed by atoms with Crippen molar-refractivity contribution in [2.75, 3.05) is 6.54 Å². The molecular weight excluding hydrogens is 292 g/mol. The first-order chi connectivity index (χ1) is 9.77. The molecule has 0 aliphatic rings. The molecule has 0 saturated heterocycles. The highest BCUT2D eigenvalue weighted by Crippen LogP contribution is 2.12. The van der Waals surface area contributed by atoms with Crippen molar-refractivity contribution >= 4 is 15.9 Å². The van der Waals surface area contributed by atoms with Gasteiger partial charge < -0.3 is 11.1 Å². The number of hydrogen-bond acceptors (Lipinski definition) is 5. The fraction of sp³-hybridized carbons (Fsp3) is 0.538. The summed E-state index contributed by atoms with van der Waals surface area (Å²) >= 11 is 0. The van der Waals surface area contributed by atoms with Crippen molar-refractivity contribution in [2.24, 2.45) is 11.7 Å². The van der Waals surface area contributed by atoms with Gasteiger partial charge in [-0.1, -0.05) is 13.8 Å². The van der Waals surface area contributed by atoms with Gasteiger partial charge in [-0.25, -0.2) is 8.42 Å². The predicted octanol–water partition coefficient (Wildman–Crippen LogP) is -0.0207. The molecule has 1 aromatic heterocycles. The Kier molecular flexibility index (Phi) is 6.25. The Morgan fingerprint density at radius 3 is 2.62 bits per heavy atom. The van der Waals surface area contributed by atoms with Crippen LogP contribution in [0.4, 0.5) is 0 Å². The maximum absolute atomic E-state index is 12.3. The summed E-state index contributed by atoms with van der Waals surface area (Å²) in [5.74, 6) is -0.0783. The Morgan fingerprint density at radius 2 is 2.05 bits per heavy atom. The molecule has 1 heterocycles. The number of nitrogens with one attached hydrogen (secondary N) is 2. The van der Waals surface area contributed by atoms with Gasteiger partial charge in [-0.2, -0.15) is 4.72 Å². The number of carbonyl (C=O) groups is 1. The molecule has 21 heavy (non-hydrogen) atoms. The van der Waals surface area contributed by atoms with Crippen molar-refractivity contribution < 1.29 is 13.2 Å². The quantitative estimate of drug-likeness (QED) is 0.654. The average molecular weight is 314 g/mol. The van der Waals surface area contributed by atoms with Crippen LogP contribution in [0.15, 0.2) is 23.2 Å². The SMILES string of the molecule is CC(C)CNC(=O)C(C)NS(=O)(=O)c1cccnc1CN. The lowest BCUT2D eigenvalue weighted by Gasteiger charge is -2.16. The number of amides is 1. The van der Waals surface area contributed by atoms with E-state index in [4.69, 9.17) is 5.73 Å². The Balaban J connectivity index is 2.83. The van der Waals surface area contributed by atoms with Crippen molar-refractivity contribution in [3.05, 3.63) is 24.0 Å². The summed E-state index contributed by atoms with van der Waals surface area (Å²) in [7, 11) is -3.84. The molecule has 0 aromatic carbocycles. The molecule has 118 valence electrons. The van der Waals surface area contributed by atoms with E-state index in [2.05, 4.69) is 15.0 Å². The Morgan fingerprint density at radius 1 is 1.38 bits per heavy atom. The molecule has 1 amide bonds. The molecule has 7 nitrogen and oxygen atoms in total. The standard InChI is InChI=1S/C13H22N4O3S/c1-9(2)8-16-13(18)10(3)17-21(19,20)12-5-4-6-15-11(12)7-14/h4-6,9-10,17H,7-8,14H2,1-3H3,(H,16,18). The van der Waals surface area contributed by atoms with Crippen LogP contribution in [-0.4, -0.2) is 31.9 Å². The Labute approximate surface area is 125 Å². The maximum atomic E-state index is 12.3. The number of rotatable bonds is 7. The third-order valence-corrected chi connectivity index (χ3v) is 4.36. The summed E-state index contributed by atoms with van der Waals surface area (Å²) in [6.45, 7) is 5.90. The fourth-order valence-corrected chi connectivity index (χ4v) is 3.03. The van der Waals surface area contributed by atoms with E-state index in [1.165, 1.54) is 25.3 Å². The Bertz CT molecular complexity index is 587. The molecular formula is C13H22N4O3S. The zero-order valence-electron chi connectivity index (χ0n) is 12.5. The highest BCUT2D eigenvalue weighted by Gasteiger charge is 2.24. The second kappa shape index (κ2) is 7.48. The smallest absolute Gasteiger partial charge is 0.243 e. The molecule has 0 radical (unpaired) electrons. The Hall–Kier alpha value is -1.51. The largest absolute Gasteiger partial charge is 0.354 e. The normalized spacial score (nSPS) is 13.2. The second-order valence-electron chi connectivity index (χ2n) is 5.13. The first-order valence-electron chi connectivity index (χ1n) is 6.72. The third-order valence-electron chi connectivity index (χ3n) is 2.74. The van der Waals surface area contributed by atoms with Gasteiger partial charge in [0.05, 0.1) is 11.7 Å². The molecule has 0 fully saturated rings. The van der Waals surface area contributed by atoms with Crippen LogP contribution in [-0.2, 0) is 21.4 Å². The van der Waals surface area contributed by atoms with Crippen molar-refractivity contribution in [3.63, 3.8) is 0 Å². The van der Waals surface area contributed by atoms with Crippen LogP contribution in [0, 0.1) is 5.92 Å². The number of hydrogen-bond donors (Lipinski definition) is 3. The molecule has 0 spiro atoms. The molecule has 1 rings (SSSR count). The van der Waals surface area contributed by atoms with Gasteiger partial charge in [0.15, 0.2) is 0 Å². The number of nitrogens with two attached hydrogens (primary N) is 1. The van der Waals surface area contributed by atoms with Crippen LogP contribution in [0.1, 0.15) is 26.5 Å². The average Bonchev–Trinajstić information content (AvgIpc) is 2.44. The summed E-state index contributed by atoms with van der Waals surface area (Å²) in [5.41, 5.74) is 5.75. The van der Waals surface area contributed by atoms with Crippen LogP contribution < -0.4 is 15.8 Å². The predicted molar refractivity (Wildman–Crippen MR) is 79.8 cm³/mol. The van der Waals surface area contributed by atoms with E-state index in [0.717, 1.165) is 0 Å². The molecule has 0 aliphatic heterocycles. The molecule has 0 saturated carbocycles. The zero-order chi connectivity index (χ0) is 16.0. The number of sulfonamides is 1. The first kappa shape index (κ1) is 17.5. The van der Waals surface area contributed by atoms with Crippen molar-refractivity contribution in [1.29, 1.82) is 0 Å². The van der Waals surface area contributed by atoms with Gasteiger partial charge in [-0.3, -0.25) is 9.78 Å². The molecule has 1 atom stereocenters. The van der Waals surface area contributed by atoms with E-state index in [1.807, 2.05) is 13.8 Å². The van der Waals surface area contributed by atoms with E-state index in [1.54, 1.807) is 0 Å². The van der Waals surface area contributed by atoms with Crippen LogP contribution >= 0.6 is 0 Å². The van der Waals surface area contributed by atoms with Gasteiger partial charge in [-0.15, -0.1) is 0 Å². The van der Waals surface area contributed by atoms with Crippen LogP contribution in [0.5, 0.6) is 0 Å². The van der Waals surface area contributed by atoms with Crippen LogP contribution in [0.3, 0.4) is 0 Å². The van der Waals surface area contributed by atoms with E-state index < -0.39 is 16.1 Å². The first-order valence-corrected chi connectivity index (χ1v) is 8.20. The lowest BCUT2D eigenvalue weighted by atomic mass is 10.2. The number of carbonyl (C=O) groups excluding carboxylic acids is 1. The minimum Gasteiger partial charge on any atom is -0.354 e. The van der Waals surface area contributed by atoms with E-state index in [-0.39, 0.29) is 23.0 Å². The van der Waals surface area contributed by atoms with Gasteiger partial charge in [0.2, 0.25) is 15.9 Å². The molecule has 8 heteroatoms. The maximum Gasteiger partial charge on any atom is 0.243 e. The van der Waals surface area contributed by atoms with Gasteiger partial charge >= 0.3 is 0 Å². The van der Waals surface area contributed by atoms with Gasteiger partial charge in [-0.05, 0) is 25.0 Å². The molecule has 1 unspecified atom stereocenters. The van der Waals surface area contributed by atoms with Gasteiger partial charge in [0, 0.05) is 19.3 Å². The summed E-state index contributed by atoms with van der Waals surface area (Å²) < 4.78 is 26.9. The van der Waals surface area contributed by atoms with E-state index in [0.29, 0.717) is 12.5 Å². The lowest BCUT2D eigenvalue weighted by Crippen LogP contribution is -2.45. The van der Waals surface area contributed by atoms with E-state index in [9.17, 15) is 13.2 Å². The van der Waals surface area contributed by atoms with Gasteiger partial charge in [0.1, 0.15) is 4.90 Å². The molecule has 1 aromatic rings. The minimum absolute atomic E-state index is 0.00369. The highest BCUT2D eigenvalue weighted by molar-refractivity contribution is 7.89. The van der Waals surface area contributed by atoms with Gasteiger partial charge in [0.25, 0.3) is 0 Å². The number of nitrogens with zero attached hydrogens (tertiary/aromatic N) is 1. The summed E-state index contributed by atoms with van der Waals surface area (Å²) in [6.07, 6.45) is 1.47. The van der Waals surface area contributed by atoms with Crippen molar-refractivity contribution in [2.45, 2.75) is 38.3 Å². The molecule has 4 N–H and O–H groups in total. The van der Waals surface area contributed by atoms with Crippen molar-refractivity contribution in [1.82, 2.24) is 15.0 Å². The lowest BCUT2D eigenvalue weighted by molar-refractivity contribution is -0.122. The minimum atomic E-state index is -3.84. The fourth-order valence-electron chi connectivity index (χ4n) is 1.63. The van der Waals surface area contributed by atoms with Crippen LogP contribution in [0.2, 0.25) is 0 Å². The third kappa shape index (κ3) is 5.07. The topological polar surface area (TPSA) is 114 Å². The van der Waals surface area contributed by atoms with Crippen LogP contribution in [0.25, 0.3) is 0 Å². The summed E-state index contributed by atoms with van der Waals surface area (Å²) in [4.78, 5) is 15.8. The number of aromatic nitrogens is 1. The monoisotopic (exact) mass is 314 g/mol. The summed E-state index contributed by atoms with van der Waals surface area (Å²) in [6, 6.07) is 2.05. The summed E-state index contributed by atoms with van der Waals surface area (Å²) in [5, 5.41) is 2.68. The van der Waals surface area contributed by atoms with E-state index >= 15 is 0 Å². The zero-order valence-corrected chi connectivity index (χ0v) is 13.3. The van der Waals surface area contributed by atoms with Crippen molar-refractivity contribution in [3.8, 4) is 0 Å². The molecule has 0 bridgehead atoms. The molecule has 0 aliphatic carbocycles. The second-order valence-corrected chi connectivity index (χ2v) is 6.82. The highest BCUT2D eigenvalue weighted by atomic mass is 32.2.